The molecule has 0 saturated heterocycles. The Bertz CT molecular complexity index is 1000. The topological polar surface area (TPSA) is 61.7 Å². The van der Waals surface area contributed by atoms with E-state index >= 15 is 0 Å². The van der Waals surface area contributed by atoms with Gasteiger partial charge in [0.15, 0.2) is 0 Å². The monoisotopic (exact) mass is 431 g/mol. The molecule has 6 aliphatic rings. The Morgan fingerprint density at radius 1 is 0.719 bits per heavy atom. The van der Waals surface area contributed by atoms with Gasteiger partial charge >= 0.3 is 0 Å². The normalized spacial score (nSPS) is 48.2. The van der Waals surface area contributed by atoms with Crippen molar-refractivity contribution >= 4 is 11.7 Å². The third-order valence-corrected chi connectivity index (χ3v) is 12.0. The van der Waals surface area contributed by atoms with Gasteiger partial charge in [0, 0.05) is 0 Å². The smallest absolute Gasteiger partial charge is 0.147 e. The van der Waals surface area contributed by atoms with Crippen LogP contribution in [-0.4, -0.2) is 40.8 Å². The second kappa shape index (κ2) is 5.59. The minimum atomic E-state index is 0.282. The van der Waals surface area contributed by atoms with Gasteiger partial charge in [-0.15, -0.1) is 0 Å². The third-order valence-electron chi connectivity index (χ3n) is 12.0. The summed E-state index contributed by atoms with van der Waals surface area (Å²) in [4.78, 5) is 15.5. The van der Waals surface area contributed by atoms with E-state index in [1.807, 2.05) is 0 Å². The maximum absolute atomic E-state index is 5.24. The summed E-state index contributed by atoms with van der Waals surface area (Å²) in [5.74, 6) is 3.37. The van der Waals surface area contributed by atoms with Crippen molar-refractivity contribution in [3.63, 3.8) is 0 Å². The lowest BCUT2D eigenvalue weighted by Gasteiger charge is -2.36. The van der Waals surface area contributed by atoms with Gasteiger partial charge in [-0.05, 0) is 71.3 Å². The van der Waals surface area contributed by atoms with Crippen molar-refractivity contribution in [2.45, 2.75) is 91.4 Å². The van der Waals surface area contributed by atoms with Gasteiger partial charge in [-0.2, -0.15) is 0 Å². The van der Waals surface area contributed by atoms with Crippen LogP contribution >= 0.6 is 0 Å². The SMILES string of the molecule is CC1(C)[C@@H]2CC[C@@]1(C)[C@@H]1N=C(c3cccc(C4=N[C@@H]5[C@H](N4)[C@H]4CC[C@]5(C)C4(C)C)n3)N[C@H]21. The highest BCUT2D eigenvalue weighted by molar-refractivity contribution is 6.02. The van der Waals surface area contributed by atoms with Crippen LogP contribution in [0.25, 0.3) is 0 Å². The minimum absolute atomic E-state index is 0.282. The standard InChI is InChI=1S/C27H37N5/c1-24(2)14-10-12-26(24,5)20-18(14)29-22(31-20)16-8-7-9-17(28-16)23-30-19-15-11-13-27(6,21(19)32-23)25(15,3)4/h7-9,14-15,18-21H,10-13H2,1-6H3,(H,29,31)(H,30,32)/t14-,15-,18-,19-,20-,21-,26+,27+/m1/s1. The number of aliphatic imine (C=N–C) groups is 2. The lowest BCUT2D eigenvalue weighted by Crippen LogP contribution is -2.42. The third kappa shape index (κ3) is 1.98. The van der Waals surface area contributed by atoms with Gasteiger partial charge in [-0.3, -0.25) is 9.98 Å². The molecule has 0 spiro atoms. The van der Waals surface area contributed by atoms with E-state index in [2.05, 4.69) is 70.4 Å². The molecule has 1 aromatic heterocycles. The Hall–Kier alpha value is -1.91. The van der Waals surface area contributed by atoms with Crippen molar-refractivity contribution in [1.82, 2.24) is 15.6 Å². The molecule has 4 bridgehead atoms. The molecule has 4 fully saturated rings. The van der Waals surface area contributed by atoms with Crippen molar-refractivity contribution in [2.24, 2.45) is 43.5 Å². The Kier molecular flexibility index (Phi) is 3.41. The number of nitrogens with zero attached hydrogens (tertiary/aromatic N) is 3. The molecule has 8 atom stereocenters. The molecule has 5 heteroatoms. The molecule has 0 aromatic carbocycles. The van der Waals surface area contributed by atoms with Gasteiger partial charge in [0.25, 0.3) is 0 Å². The van der Waals surface area contributed by atoms with Crippen LogP contribution in [-0.2, 0) is 0 Å². The molecule has 5 nitrogen and oxygen atoms in total. The van der Waals surface area contributed by atoms with Crippen LogP contribution in [0.1, 0.15) is 78.6 Å². The molecule has 0 amide bonds. The van der Waals surface area contributed by atoms with E-state index in [4.69, 9.17) is 15.0 Å². The Morgan fingerprint density at radius 2 is 1.16 bits per heavy atom. The predicted molar refractivity (Wildman–Crippen MR) is 128 cm³/mol. The van der Waals surface area contributed by atoms with Gasteiger partial charge in [0.2, 0.25) is 0 Å². The fraction of sp³-hybridized carbons (Fsp3) is 0.741. The van der Waals surface area contributed by atoms with Crippen LogP contribution in [0.4, 0.5) is 0 Å². The first-order valence-electron chi connectivity index (χ1n) is 12.7. The van der Waals surface area contributed by atoms with E-state index in [0.717, 1.165) is 23.1 Å². The molecular weight excluding hydrogens is 394 g/mol. The number of hydrogen-bond donors (Lipinski definition) is 2. The maximum Gasteiger partial charge on any atom is 0.147 e. The molecule has 32 heavy (non-hydrogen) atoms. The summed E-state index contributed by atoms with van der Waals surface area (Å²) in [6.45, 7) is 14.7. The number of nitrogens with one attached hydrogen (secondary N) is 2. The summed E-state index contributed by atoms with van der Waals surface area (Å²) in [6, 6.07) is 8.00. The highest BCUT2D eigenvalue weighted by Gasteiger charge is 2.69. The second-order valence-corrected chi connectivity index (χ2v) is 13.2. The van der Waals surface area contributed by atoms with Crippen LogP contribution in [0.2, 0.25) is 0 Å². The molecule has 0 radical (unpaired) electrons. The van der Waals surface area contributed by atoms with E-state index in [0.29, 0.717) is 46.8 Å². The molecule has 2 N–H and O–H groups in total. The number of pyridine rings is 1. The fourth-order valence-electron chi connectivity index (χ4n) is 9.12. The predicted octanol–water partition coefficient (Wildman–Crippen LogP) is 4.17. The van der Waals surface area contributed by atoms with Crippen molar-refractivity contribution in [3.05, 3.63) is 29.6 Å². The zero-order chi connectivity index (χ0) is 22.3. The molecule has 3 heterocycles. The van der Waals surface area contributed by atoms with Gasteiger partial charge in [-0.1, -0.05) is 47.6 Å². The Morgan fingerprint density at radius 3 is 1.56 bits per heavy atom. The van der Waals surface area contributed by atoms with Crippen LogP contribution in [0.15, 0.2) is 28.2 Å². The van der Waals surface area contributed by atoms with Crippen molar-refractivity contribution < 1.29 is 0 Å². The minimum Gasteiger partial charge on any atom is -0.363 e. The first kappa shape index (κ1) is 19.5. The Balaban J connectivity index is 1.20. The zero-order valence-corrected chi connectivity index (χ0v) is 20.4. The van der Waals surface area contributed by atoms with Crippen LogP contribution in [0.5, 0.6) is 0 Å². The van der Waals surface area contributed by atoms with Crippen molar-refractivity contribution in [3.8, 4) is 0 Å². The number of aromatic nitrogens is 1. The molecule has 1 aromatic rings. The van der Waals surface area contributed by atoms with E-state index in [9.17, 15) is 0 Å². The Labute approximate surface area is 192 Å². The van der Waals surface area contributed by atoms with Crippen LogP contribution < -0.4 is 10.6 Å². The number of fused-ring (bicyclic) bond motifs is 10. The number of rotatable bonds is 2. The fourth-order valence-corrected chi connectivity index (χ4v) is 9.12. The van der Waals surface area contributed by atoms with E-state index in [1.54, 1.807) is 0 Å². The summed E-state index contributed by atoms with van der Waals surface area (Å²) >= 11 is 0. The first-order valence-corrected chi connectivity index (χ1v) is 12.7. The number of amidine groups is 2. The second-order valence-electron chi connectivity index (χ2n) is 13.2. The van der Waals surface area contributed by atoms with E-state index in [-0.39, 0.29) is 10.8 Å². The van der Waals surface area contributed by atoms with Gasteiger partial charge in [-0.25, -0.2) is 4.98 Å². The molecular formula is C27H37N5. The molecule has 7 rings (SSSR count). The summed E-state index contributed by atoms with van der Waals surface area (Å²) < 4.78 is 0. The lowest BCUT2D eigenvalue weighted by atomic mass is 9.69. The largest absolute Gasteiger partial charge is 0.363 e. The van der Waals surface area contributed by atoms with Crippen LogP contribution in [0.3, 0.4) is 0 Å². The summed E-state index contributed by atoms with van der Waals surface area (Å²) in [5.41, 5.74) is 3.20. The maximum atomic E-state index is 5.24. The number of hydrogen-bond acceptors (Lipinski definition) is 5. The van der Waals surface area contributed by atoms with E-state index in [1.165, 1.54) is 25.7 Å². The highest BCUT2D eigenvalue weighted by atomic mass is 15.2. The summed E-state index contributed by atoms with van der Waals surface area (Å²) in [6.07, 6.45) is 5.20. The molecule has 170 valence electrons. The molecule has 0 unspecified atom stereocenters. The average Bonchev–Trinajstić information content (AvgIpc) is 3.52. The van der Waals surface area contributed by atoms with Crippen molar-refractivity contribution in [2.75, 3.05) is 0 Å². The molecule has 4 aliphatic carbocycles. The molecule has 2 aliphatic heterocycles. The molecule has 4 saturated carbocycles. The lowest BCUT2D eigenvalue weighted by molar-refractivity contribution is 0.137. The van der Waals surface area contributed by atoms with E-state index < -0.39 is 0 Å². The van der Waals surface area contributed by atoms with Gasteiger partial charge in [0.05, 0.1) is 24.2 Å². The first-order chi connectivity index (χ1) is 15.1. The highest BCUT2D eigenvalue weighted by Crippen LogP contribution is 2.68. The average molecular weight is 432 g/mol. The summed E-state index contributed by atoms with van der Waals surface area (Å²) in [7, 11) is 0. The van der Waals surface area contributed by atoms with Gasteiger partial charge in [0.1, 0.15) is 23.1 Å². The summed E-state index contributed by atoms with van der Waals surface area (Å²) in [5, 5.41) is 7.61. The van der Waals surface area contributed by atoms with Crippen LogP contribution in [0, 0.1) is 33.5 Å². The van der Waals surface area contributed by atoms with Crippen molar-refractivity contribution in [1.29, 1.82) is 0 Å². The van der Waals surface area contributed by atoms with Gasteiger partial charge < -0.3 is 10.6 Å². The quantitative estimate of drug-likeness (QED) is 0.739. The zero-order valence-electron chi connectivity index (χ0n) is 20.4.